The summed E-state index contributed by atoms with van der Waals surface area (Å²) in [5, 5.41) is 3.88. The lowest BCUT2D eigenvalue weighted by Gasteiger charge is -2.42. The molecule has 4 nitrogen and oxygen atoms in total. The number of fused-ring (bicyclic) bond motifs is 3. The zero-order valence-corrected chi connectivity index (χ0v) is 14.5. The first-order chi connectivity index (χ1) is 11.9. The van der Waals surface area contributed by atoms with E-state index in [0.717, 1.165) is 24.7 Å². The van der Waals surface area contributed by atoms with Crippen LogP contribution in [0.15, 0.2) is 18.2 Å². The van der Waals surface area contributed by atoms with Gasteiger partial charge in [0.2, 0.25) is 0 Å². The number of hydrogen-bond donors (Lipinski definition) is 2. The summed E-state index contributed by atoms with van der Waals surface area (Å²) in [6.45, 7) is 2.24. The Morgan fingerprint density at radius 3 is 2.88 bits per heavy atom. The Morgan fingerprint density at radius 1 is 1.17 bits per heavy atom. The van der Waals surface area contributed by atoms with Crippen LogP contribution in [0.4, 0.5) is 5.69 Å². The van der Waals surface area contributed by atoms with Crippen molar-refractivity contribution in [2.75, 3.05) is 25.1 Å². The largest absolute Gasteiger partial charge is 0.494 e. The van der Waals surface area contributed by atoms with Crippen LogP contribution in [-0.4, -0.2) is 25.8 Å². The van der Waals surface area contributed by atoms with Gasteiger partial charge in [0.1, 0.15) is 5.75 Å². The highest BCUT2D eigenvalue weighted by atomic mass is 16.5. The number of nitrogens with two attached hydrogens (primary N) is 1. The summed E-state index contributed by atoms with van der Waals surface area (Å²) in [5.74, 6) is 2.36. The van der Waals surface area contributed by atoms with Gasteiger partial charge in [0.25, 0.3) is 0 Å². The molecule has 0 aromatic heterocycles. The number of hydrogen-bond acceptors (Lipinski definition) is 4. The summed E-state index contributed by atoms with van der Waals surface area (Å²) in [7, 11) is 0. The van der Waals surface area contributed by atoms with Crippen LogP contribution in [0.5, 0.6) is 5.75 Å². The first kappa shape index (κ1) is 16.2. The van der Waals surface area contributed by atoms with E-state index >= 15 is 0 Å². The van der Waals surface area contributed by atoms with Gasteiger partial charge < -0.3 is 20.5 Å². The quantitative estimate of drug-likeness (QED) is 0.805. The SMILES string of the molecule is NCCCOc1ccc2c(c1)[C@H]1OCC[C@H]1[C@@H](C1CCCCC1)N2. The Labute approximate surface area is 145 Å². The summed E-state index contributed by atoms with van der Waals surface area (Å²) in [6, 6.07) is 7.02. The molecule has 0 bridgehead atoms. The third-order valence-corrected chi connectivity index (χ3v) is 6.03. The van der Waals surface area contributed by atoms with Crippen molar-refractivity contribution in [1.29, 1.82) is 0 Å². The third kappa shape index (κ3) is 3.14. The fraction of sp³-hybridized carbons (Fsp3) is 0.700. The lowest BCUT2D eigenvalue weighted by Crippen LogP contribution is -2.42. The lowest BCUT2D eigenvalue weighted by atomic mass is 9.73. The van der Waals surface area contributed by atoms with Gasteiger partial charge in [-0.15, -0.1) is 0 Å². The summed E-state index contributed by atoms with van der Waals surface area (Å²) in [6.07, 6.45) is 9.24. The molecule has 4 rings (SSSR count). The van der Waals surface area contributed by atoms with Crippen molar-refractivity contribution in [2.45, 2.75) is 57.1 Å². The second-order valence-corrected chi connectivity index (χ2v) is 7.55. The topological polar surface area (TPSA) is 56.5 Å². The van der Waals surface area contributed by atoms with E-state index in [4.69, 9.17) is 15.2 Å². The Hall–Kier alpha value is -1.26. The molecule has 1 aliphatic carbocycles. The lowest BCUT2D eigenvalue weighted by molar-refractivity contribution is 0.0729. The van der Waals surface area contributed by atoms with E-state index < -0.39 is 0 Å². The molecule has 0 radical (unpaired) electrons. The van der Waals surface area contributed by atoms with Crippen molar-refractivity contribution in [3.05, 3.63) is 23.8 Å². The first-order valence-corrected chi connectivity index (χ1v) is 9.72. The van der Waals surface area contributed by atoms with E-state index in [1.54, 1.807) is 0 Å². The molecule has 24 heavy (non-hydrogen) atoms. The third-order valence-electron chi connectivity index (χ3n) is 6.03. The van der Waals surface area contributed by atoms with E-state index in [1.165, 1.54) is 49.8 Å². The van der Waals surface area contributed by atoms with Crippen LogP contribution in [0.3, 0.4) is 0 Å². The Kier molecular flexibility index (Phi) is 4.95. The summed E-state index contributed by atoms with van der Waals surface area (Å²) in [4.78, 5) is 0. The molecule has 0 amide bonds. The highest BCUT2D eigenvalue weighted by Gasteiger charge is 2.43. The number of rotatable bonds is 5. The minimum absolute atomic E-state index is 0.242. The maximum absolute atomic E-state index is 6.17. The molecule has 2 fully saturated rings. The van der Waals surface area contributed by atoms with Crippen molar-refractivity contribution in [1.82, 2.24) is 0 Å². The van der Waals surface area contributed by atoms with Crippen LogP contribution < -0.4 is 15.8 Å². The summed E-state index contributed by atoms with van der Waals surface area (Å²) >= 11 is 0. The van der Waals surface area contributed by atoms with Gasteiger partial charge in [0, 0.05) is 29.8 Å². The molecule has 2 aliphatic heterocycles. The average molecular weight is 330 g/mol. The molecule has 0 unspecified atom stereocenters. The van der Waals surface area contributed by atoms with Crippen LogP contribution in [0.2, 0.25) is 0 Å². The van der Waals surface area contributed by atoms with E-state index in [0.29, 0.717) is 25.1 Å². The first-order valence-electron chi connectivity index (χ1n) is 9.72. The van der Waals surface area contributed by atoms with E-state index in [2.05, 4.69) is 23.5 Å². The monoisotopic (exact) mass is 330 g/mol. The molecule has 4 heteroatoms. The van der Waals surface area contributed by atoms with E-state index in [1.807, 2.05) is 0 Å². The number of ether oxygens (including phenoxy) is 2. The Morgan fingerprint density at radius 2 is 2.04 bits per heavy atom. The van der Waals surface area contributed by atoms with Crippen molar-refractivity contribution in [3.8, 4) is 5.75 Å². The average Bonchev–Trinajstić information content (AvgIpc) is 3.12. The minimum atomic E-state index is 0.242. The van der Waals surface area contributed by atoms with Gasteiger partial charge in [-0.2, -0.15) is 0 Å². The number of nitrogens with one attached hydrogen (secondary N) is 1. The predicted molar refractivity (Wildman–Crippen MR) is 96.4 cm³/mol. The molecule has 1 aromatic rings. The molecule has 3 N–H and O–H groups in total. The van der Waals surface area contributed by atoms with Crippen molar-refractivity contribution in [2.24, 2.45) is 17.6 Å². The minimum Gasteiger partial charge on any atom is -0.494 e. The van der Waals surface area contributed by atoms with Crippen molar-refractivity contribution >= 4 is 5.69 Å². The highest BCUT2D eigenvalue weighted by Crippen LogP contribution is 2.49. The maximum atomic E-state index is 6.17. The maximum Gasteiger partial charge on any atom is 0.119 e. The molecule has 0 spiro atoms. The molecular weight excluding hydrogens is 300 g/mol. The van der Waals surface area contributed by atoms with Gasteiger partial charge in [0.15, 0.2) is 0 Å². The van der Waals surface area contributed by atoms with Crippen molar-refractivity contribution < 1.29 is 9.47 Å². The molecule has 132 valence electrons. The number of anilines is 1. The molecule has 1 saturated heterocycles. The summed E-state index contributed by atoms with van der Waals surface area (Å²) < 4.78 is 12.0. The Balaban J connectivity index is 1.55. The predicted octanol–water partition coefficient (Wildman–Crippen LogP) is 3.87. The van der Waals surface area contributed by atoms with Gasteiger partial charge in [-0.05, 0) is 56.3 Å². The van der Waals surface area contributed by atoms with E-state index in [-0.39, 0.29) is 6.10 Å². The van der Waals surface area contributed by atoms with E-state index in [9.17, 15) is 0 Å². The van der Waals surface area contributed by atoms with Crippen molar-refractivity contribution in [3.63, 3.8) is 0 Å². The van der Waals surface area contributed by atoms with Crippen LogP contribution in [0, 0.1) is 11.8 Å². The Bertz CT molecular complexity index is 557. The molecule has 2 heterocycles. The normalized spacial score (nSPS) is 29.6. The molecule has 1 saturated carbocycles. The van der Waals surface area contributed by atoms with Gasteiger partial charge in [0.05, 0.1) is 12.7 Å². The molecule has 3 aliphatic rings. The fourth-order valence-corrected chi connectivity index (χ4v) is 4.81. The fourth-order valence-electron chi connectivity index (χ4n) is 4.81. The second kappa shape index (κ2) is 7.32. The summed E-state index contributed by atoms with van der Waals surface area (Å²) in [5.41, 5.74) is 8.09. The van der Waals surface area contributed by atoms with Gasteiger partial charge in [-0.25, -0.2) is 0 Å². The molecule has 3 atom stereocenters. The smallest absolute Gasteiger partial charge is 0.119 e. The van der Waals surface area contributed by atoms with Crippen LogP contribution in [-0.2, 0) is 4.74 Å². The second-order valence-electron chi connectivity index (χ2n) is 7.55. The zero-order valence-electron chi connectivity index (χ0n) is 14.5. The highest BCUT2D eigenvalue weighted by molar-refractivity contribution is 5.58. The molecular formula is C20H30N2O2. The number of benzene rings is 1. The molecule has 1 aromatic carbocycles. The van der Waals surface area contributed by atoms with Crippen LogP contribution >= 0.6 is 0 Å². The van der Waals surface area contributed by atoms with Crippen LogP contribution in [0.25, 0.3) is 0 Å². The van der Waals surface area contributed by atoms with Gasteiger partial charge >= 0.3 is 0 Å². The van der Waals surface area contributed by atoms with Gasteiger partial charge in [-0.3, -0.25) is 0 Å². The van der Waals surface area contributed by atoms with Gasteiger partial charge in [-0.1, -0.05) is 19.3 Å². The van der Waals surface area contributed by atoms with Crippen LogP contribution in [0.1, 0.15) is 56.6 Å². The zero-order chi connectivity index (χ0) is 16.4. The standard InChI is InChI=1S/C20H30N2O2/c21-10-4-11-23-15-7-8-18-17(13-15)20-16(9-12-24-20)19(22-18)14-5-2-1-3-6-14/h7-8,13-14,16,19-20,22H,1-6,9-12,21H2/t16-,19+,20-/m0/s1.